The lowest BCUT2D eigenvalue weighted by atomic mass is 9.90. The van der Waals surface area contributed by atoms with E-state index in [2.05, 4.69) is 23.7 Å². The van der Waals surface area contributed by atoms with Crippen LogP contribution in [-0.2, 0) is 14.9 Å². The van der Waals surface area contributed by atoms with E-state index in [1.807, 2.05) is 12.3 Å². The molecule has 1 aromatic heterocycles. The van der Waals surface area contributed by atoms with Crippen LogP contribution in [0.4, 0.5) is 5.13 Å². The van der Waals surface area contributed by atoms with E-state index in [9.17, 15) is 9.90 Å². The maximum atomic E-state index is 11.3. The van der Waals surface area contributed by atoms with E-state index in [4.69, 9.17) is 4.74 Å². The van der Waals surface area contributed by atoms with Crippen molar-refractivity contribution in [3.63, 3.8) is 0 Å². The predicted octanol–water partition coefficient (Wildman–Crippen LogP) is 2.51. The Balaban J connectivity index is 2.23. The zero-order valence-corrected chi connectivity index (χ0v) is 13.5. The Morgan fingerprint density at radius 2 is 2.25 bits per heavy atom. The highest BCUT2D eigenvalue weighted by Crippen LogP contribution is 2.32. The van der Waals surface area contributed by atoms with Crippen LogP contribution in [-0.4, -0.2) is 40.9 Å². The number of anilines is 1. The Morgan fingerprint density at radius 3 is 2.80 bits per heavy atom. The molecule has 6 heteroatoms. The van der Waals surface area contributed by atoms with Gasteiger partial charge in [0.1, 0.15) is 5.41 Å². The van der Waals surface area contributed by atoms with E-state index in [-0.39, 0.29) is 11.7 Å². The quantitative estimate of drug-likeness (QED) is 0.929. The van der Waals surface area contributed by atoms with Crippen LogP contribution in [0.15, 0.2) is 5.38 Å². The molecule has 0 spiro atoms. The molecule has 1 fully saturated rings. The third kappa shape index (κ3) is 2.96. The Hall–Kier alpha value is -1.14. The van der Waals surface area contributed by atoms with Gasteiger partial charge < -0.3 is 14.7 Å². The number of rotatable bonds is 3. The van der Waals surface area contributed by atoms with Crippen molar-refractivity contribution in [3.05, 3.63) is 11.1 Å². The van der Waals surface area contributed by atoms with Crippen LogP contribution in [0.3, 0.4) is 0 Å². The second-order valence-electron chi connectivity index (χ2n) is 6.51. The van der Waals surface area contributed by atoms with Crippen molar-refractivity contribution in [3.8, 4) is 0 Å². The molecular weight excluding hydrogens is 276 g/mol. The predicted molar refractivity (Wildman–Crippen MR) is 79.6 cm³/mol. The molecule has 2 heterocycles. The summed E-state index contributed by atoms with van der Waals surface area (Å²) in [7, 11) is 0. The molecule has 1 aliphatic heterocycles. The highest BCUT2D eigenvalue weighted by molar-refractivity contribution is 7.13. The number of carboxylic acids is 1. The average molecular weight is 298 g/mol. The highest BCUT2D eigenvalue weighted by Gasteiger charge is 2.35. The summed E-state index contributed by atoms with van der Waals surface area (Å²) in [6, 6.07) is 0. The second-order valence-corrected chi connectivity index (χ2v) is 7.35. The average Bonchev–Trinajstić information content (AvgIpc) is 2.75. The topological polar surface area (TPSA) is 62.7 Å². The van der Waals surface area contributed by atoms with Crippen LogP contribution in [0.25, 0.3) is 0 Å². The third-order valence-corrected chi connectivity index (χ3v) is 4.41. The van der Waals surface area contributed by atoms with Crippen LogP contribution in [0, 0.1) is 0 Å². The fourth-order valence-corrected chi connectivity index (χ4v) is 3.41. The number of aromatic nitrogens is 1. The molecule has 1 saturated heterocycles. The van der Waals surface area contributed by atoms with Gasteiger partial charge in [0.05, 0.1) is 17.4 Å². The van der Waals surface area contributed by atoms with Crippen LogP contribution < -0.4 is 4.90 Å². The summed E-state index contributed by atoms with van der Waals surface area (Å²) in [6.45, 7) is 11.1. The van der Waals surface area contributed by atoms with E-state index in [1.54, 1.807) is 13.8 Å². The molecule has 1 aromatic rings. The van der Waals surface area contributed by atoms with Crippen molar-refractivity contribution in [2.45, 2.75) is 51.7 Å². The first kappa shape index (κ1) is 15.3. The number of carbonyl (C=O) groups is 1. The number of nitrogens with zero attached hydrogens (tertiary/aromatic N) is 2. The van der Waals surface area contributed by atoms with Gasteiger partial charge >= 0.3 is 5.97 Å². The summed E-state index contributed by atoms with van der Waals surface area (Å²) in [5.41, 5.74) is -0.560. The number of carboxylic acid groups (broad SMARTS) is 1. The number of ether oxygens (including phenoxy) is 1. The van der Waals surface area contributed by atoms with Crippen LogP contribution >= 0.6 is 11.3 Å². The molecule has 0 aromatic carbocycles. The molecule has 0 amide bonds. The minimum Gasteiger partial charge on any atom is -0.481 e. The summed E-state index contributed by atoms with van der Waals surface area (Å²) in [5, 5.41) is 12.0. The van der Waals surface area contributed by atoms with Crippen molar-refractivity contribution in [2.24, 2.45) is 0 Å². The highest BCUT2D eigenvalue weighted by atomic mass is 32.1. The first-order valence-corrected chi connectivity index (χ1v) is 7.62. The maximum absolute atomic E-state index is 11.3. The van der Waals surface area contributed by atoms with Gasteiger partial charge in [-0.25, -0.2) is 4.98 Å². The van der Waals surface area contributed by atoms with E-state index in [1.165, 1.54) is 11.3 Å². The first-order chi connectivity index (χ1) is 9.12. The largest absolute Gasteiger partial charge is 0.481 e. The summed E-state index contributed by atoms with van der Waals surface area (Å²) >= 11 is 1.50. The van der Waals surface area contributed by atoms with Gasteiger partial charge in [-0.2, -0.15) is 0 Å². The number of hydrogen-bond acceptors (Lipinski definition) is 5. The lowest BCUT2D eigenvalue weighted by Crippen LogP contribution is -2.52. The molecule has 0 aliphatic carbocycles. The molecule has 2 rings (SSSR count). The minimum absolute atomic E-state index is 0.138. The summed E-state index contributed by atoms with van der Waals surface area (Å²) in [5.74, 6) is -0.856. The molecule has 112 valence electrons. The van der Waals surface area contributed by atoms with E-state index < -0.39 is 11.4 Å². The standard InChI is InChI=1S/C14H22N2O3S/c1-9-6-16(8-13(2,3)19-9)12-15-10(7-20-12)14(4,5)11(17)18/h7,9H,6,8H2,1-5H3,(H,17,18). The normalized spacial score (nSPS) is 22.9. The number of hydrogen-bond donors (Lipinski definition) is 1. The molecular formula is C14H22N2O3S. The lowest BCUT2D eigenvalue weighted by molar-refractivity contribution is -0.142. The molecule has 0 radical (unpaired) electrons. The van der Waals surface area contributed by atoms with Gasteiger partial charge in [0, 0.05) is 18.5 Å². The SMILES string of the molecule is CC1CN(c2nc(C(C)(C)C(=O)O)cs2)CC(C)(C)O1. The molecule has 1 N–H and O–H groups in total. The fourth-order valence-electron chi connectivity index (χ4n) is 2.41. The van der Waals surface area contributed by atoms with Crippen molar-refractivity contribution in [1.82, 2.24) is 4.98 Å². The number of thiazole rings is 1. The fraction of sp³-hybridized carbons (Fsp3) is 0.714. The maximum Gasteiger partial charge on any atom is 0.315 e. The summed E-state index contributed by atoms with van der Waals surface area (Å²) in [4.78, 5) is 18.0. The molecule has 0 saturated carbocycles. The molecule has 0 bridgehead atoms. The first-order valence-electron chi connectivity index (χ1n) is 6.74. The smallest absolute Gasteiger partial charge is 0.315 e. The van der Waals surface area contributed by atoms with Crippen molar-refractivity contribution in [1.29, 1.82) is 0 Å². The zero-order chi connectivity index (χ0) is 15.1. The van der Waals surface area contributed by atoms with Crippen molar-refractivity contribution in [2.75, 3.05) is 18.0 Å². The monoisotopic (exact) mass is 298 g/mol. The summed E-state index contributed by atoms with van der Waals surface area (Å²) < 4.78 is 5.88. The lowest BCUT2D eigenvalue weighted by Gasteiger charge is -2.41. The van der Waals surface area contributed by atoms with Gasteiger partial charge in [0.15, 0.2) is 5.13 Å². The van der Waals surface area contributed by atoms with Gasteiger partial charge in [-0.05, 0) is 34.6 Å². The van der Waals surface area contributed by atoms with Gasteiger partial charge in [0.25, 0.3) is 0 Å². The zero-order valence-electron chi connectivity index (χ0n) is 12.6. The molecule has 1 atom stereocenters. The van der Waals surface area contributed by atoms with Crippen LogP contribution in [0.1, 0.15) is 40.3 Å². The molecule has 1 aliphatic rings. The Bertz CT molecular complexity index is 510. The Labute approximate surface area is 123 Å². The molecule has 5 nitrogen and oxygen atoms in total. The van der Waals surface area contributed by atoms with Gasteiger partial charge in [-0.1, -0.05) is 0 Å². The van der Waals surface area contributed by atoms with Crippen LogP contribution in [0.5, 0.6) is 0 Å². The van der Waals surface area contributed by atoms with Crippen molar-refractivity contribution < 1.29 is 14.6 Å². The Morgan fingerprint density at radius 1 is 1.60 bits per heavy atom. The second kappa shape index (κ2) is 5.00. The molecule has 1 unspecified atom stereocenters. The van der Waals surface area contributed by atoms with E-state index >= 15 is 0 Å². The van der Waals surface area contributed by atoms with E-state index in [0.717, 1.165) is 18.2 Å². The van der Waals surface area contributed by atoms with Crippen molar-refractivity contribution >= 4 is 22.4 Å². The van der Waals surface area contributed by atoms with Gasteiger partial charge in [-0.15, -0.1) is 11.3 Å². The number of morpholine rings is 1. The molecule has 20 heavy (non-hydrogen) atoms. The van der Waals surface area contributed by atoms with Gasteiger partial charge in [-0.3, -0.25) is 4.79 Å². The third-order valence-electron chi connectivity index (χ3n) is 3.51. The van der Waals surface area contributed by atoms with Crippen LogP contribution in [0.2, 0.25) is 0 Å². The van der Waals surface area contributed by atoms with Gasteiger partial charge in [0.2, 0.25) is 0 Å². The Kier molecular flexibility index (Phi) is 3.81. The van der Waals surface area contributed by atoms with E-state index in [0.29, 0.717) is 5.69 Å². The number of aliphatic carboxylic acids is 1. The summed E-state index contributed by atoms with van der Waals surface area (Å²) in [6.07, 6.45) is 0.138. The minimum atomic E-state index is -0.956.